The molecule has 0 bridgehead atoms. The lowest BCUT2D eigenvalue weighted by Gasteiger charge is -2.05. The second kappa shape index (κ2) is 6.26. The first-order valence-corrected chi connectivity index (χ1v) is 6.36. The monoisotopic (exact) mass is 315 g/mol. The number of methoxy groups -OCH3 is 2. The van der Waals surface area contributed by atoms with Gasteiger partial charge in [0.2, 0.25) is 0 Å². The fraction of sp³-hybridized carbons (Fsp3) is 0.231. The summed E-state index contributed by atoms with van der Waals surface area (Å²) < 4.78 is 14.8. The van der Waals surface area contributed by atoms with Gasteiger partial charge in [-0.25, -0.2) is 4.79 Å². The summed E-state index contributed by atoms with van der Waals surface area (Å²) >= 11 is 12.2. The Morgan fingerprint density at radius 1 is 1.30 bits per heavy atom. The number of rotatable bonds is 4. The largest absolute Gasteiger partial charge is 0.465 e. The average molecular weight is 316 g/mol. The molecule has 0 aliphatic rings. The Morgan fingerprint density at radius 3 is 2.50 bits per heavy atom. The minimum atomic E-state index is -0.593. The molecular formula is C13H11Cl2NO4. The number of carbonyl (C=O) groups is 1. The molecule has 0 saturated carbocycles. The smallest absolute Gasteiger partial charge is 0.343 e. The van der Waals surface area contributed by atoms with E-state index in [1.165, 1.54) is 14.2 Å². The van der Waals surface area contributed by atoms with Crippen LogP contribution < -0.4 is 0 Å². The van der Waals surface area contributed by atoms with Crippen molar-refractivity contribution in [2.45, 2.75) is 6.61 Å². The molecule has 0 radical (unpaired) electrons. The molecule has 0 N–H and O–H groups in total. The van der Waals surface area contributed by atoms with Gasteiger partial charge in [-0.15, -0.1) is 0 Å². The summed E-state index contributed by atoms with van der Waals surface area (Å²) in [6.07, 6.45) is 0. The zero-order valence-corrected chi connectivity index (χ0v) is 12.3. The van der Waals surface area contributed by atoms with Crippen LogP contribution in [0, 0.1) is 0 Å². The van der Waals surface area contributed by atoms with Gasteiger partial charge in [-0.05, 0) is 12.1 Å². The number of hydrogen-bond donors (Lipinski definition) is 0. The fourth-order valence-corrected chi connectivity index (χ4v) is 2.34. The van der Waals surface area contributed by atoms with Crippen molar-refractivity contribution in [3.05, 3.63) is 39.6 Å². The highest BCUT2D eigenvalue weighted by Crippen LogP contribution is 2.37. The van der Waals surface area contributed by atoms with Crippen LogP contribution in [-0.4, -0.2) is 25.3 Å². The first-order valence-electron chi connectivity index (χ1n) is 5.60. The number of hydrogen-bond acceptors (Lipinski definition) is 5. The minimum Gasteiger partial charge on any atom is -0.465 e. The molecule has 106 valence electrons. The molecular weight excluding hydrogens is 305 g/mol. The molecule has 0 aliphatic heterocycles. The lowest BCUT2D eigenvalue weighted by atomic mass is 10.1. The Bertz CT molecular complexity index is 619. The zero-order valence-electron chi connectivity index (χ0n) is 10.8. The van der Waals surface area contributed by atoms with E-state index in [9.17, 15) is 4.79 Å². The van der Waals surface area contributed by atoms with E-state index in [1.54, 1.807) is 18.2 Å². The van der Waals surface area contributed by atoms with Gasteiger partial charge in [-0.1, -0.05) is 34.4 Å². The molecule has 1 heterocycles. The predicted molar refractivity (Wildman–Crippen MR) is 74.0 cm³/mol. The van der Waals surface area contributed by atoms with Gasteiger partial charge in [-0.3, -0.25) is 0 Å². The average Bonchev–Trinajstić information content (AvgIpc) is 2.82. The summed E-state index contributed by atoms with van der Waals surface area (Å²) in [5.41, 5.74) is 0.811. The van der Waals surface area contributed by atoms with E-state index in [4.69, 9.17) is 37.2 Å². The molecule has 20 heavy (non-hydrogen) atoms. The number of aromatic nitrogens is 1. The highest BCUT2D eigenvalue weighted by atomic mass is 35.5. The number of benzene rings is 1. The number of carbonyl (C=O) groups excluding carboxylic acids is 1. The van der Waals surface area contributed by atoms with Crippen LogP contribution in [0.1, 0.15) is 16.1 Å². The number of nitrogens with zero attached hydrogens (tertiary/aromatic N) is 1. The number of esters is 1. The maximum atomic E-state index is 11.9. The van der Waals surface area contributed by atoms with Crippen molar-refractivity contribution in [1.29, 1.82) is 0 Å². The van der Waals surface area contributed by atoms with Crippen LogP contribution in [0.15, 0.2) is 22.7 Å². The van der Waals surface area contributed by atoms with Crippen molar-refractivity contribution in [3.63, 3.8) is 0 Å². The molecule has 0 saturated heterocycles. The Kier molecular flexibility index (Phi) is 4.65. The zero-order chi connectivity index (χ0) is 14.7. The standard InChI is InChI=1S/C13H11Cl2NO4/c1-18-6-9-11(13(17)19-2)12(16-20-9)10-7(14)4-3-5-8(10)15/h3-5H,6H2,1-2H3. The molecule has 0 fully saturated rings. The number of halogens is 2. The summed E-state index contributed by atoms with van der Waals surface area (Å²) in [5, 5.41) is 4.59. The molecule has 0 atom stereocenters. The van der Waals surface area contributed by atoms with Crippen molar-refractivity contribution in [2.75, 3.05) is 14.2 Å². The Hall–Kier alpha value is -1.56. The quantitative estimate of drug-likeness (QED) is 0.807. The van der Waals surface area contributed by atoms with E-state index in [-0.39, 0.29) is 23.6 Å². The van der Waals surface area contributed by atoms with Gasteiger partial charge < -0.3 is 14.0 Å². The topological polar surface area (TPSA) is 61.6 Å². The fourth-order valence-electron chi connectivity index (χ4n) is 1.76. The SMILES string of the molecule is COCc1onc(-c2c(Cl)cccc2Cl)c1C(=O)OC. The third-order valence-corrected chi connectivity index (χ3v) is 3.26. The Balaban J connectivity index is 2.65. The van der Waals surface area contributed by atoms with Gasteiger partial charge in [0.05, 0.1) is 17.2 Å². The summed E-state index contributed by atoms with van der Waals surface area (Å²) in [7, 11) is 2.75. The Labute approximate surface area is 125 Å². The molecule has 2 rings (SSSR count). The van der Waals surface area contributed by atoms with E-state index in [1.807, 2.05) is 0 Å². The van der Waals surface area contributed by atoms with Gasteiger partial charge in [0.15, 0.2) is 5.76 Å². The highest BCUT2D eigenvalue weighted by Gasteiger charge is 2.27. The molecule has 0 aliphatic carbocycles. The molecule has 0 amide bonds. The molecule has 5 nitrogen and oxygen atoms in total. The minimum absolute atomic E-state index is 0.0828. The maximum absolute atomic E-state index is 11.9. The molecule has 1 aromatic carbocycles. The van der Waals surface area contributed by atoms with Crippen molar-refractivity contribution >= 4 is 29.2 Å². The van der Waals surface area contributed by atoms with Crippen LogP contribution in [0.4, 0.5) is 0 Å². The van der Waals surface area contributed by atoms with Gasteiger partial charge in [0.25, 0.3) is 0 Å². The van der Waals surface area contributed by atoms with Gasteiger partial charge in [-0.2, -0.15) is 0 Å². The second-order valence-electron chi connectivity index (χ2n) is 3.85. The van der Waals surface area contributed by atoms with Crippen LogP contribution in [0.2, 0.25) is 10.0 Å². The predicted octanol–water partition coefficient (Wildman–Crippen LogP) is 3.58. The Morgan fingerprint density at radius 2 is 1.95 bits per heavy atom. The van der Waals surface area contributed by atoms with Crippen LogP contribution in [0.3, 0.4) is 0 Å². The first kappa shape index (κ1) is 14.8. The second-order valence-corrected chi connectivity index (χ2v) is 4.67. The lowest BCUT2D eigenvalue weighted by molar-refractivity contribution is 0.0593. The maximum Gasteiger partial charge on any atom is 0.343 e. The summed E-state index contributed by atoms with van der Waals surface area (Å²) in [5.74, 6) is -0.338. The summed E-state index contributed by atoms with van der Waals surface area (Å²) in [6, 6.07) is 4.99. The highest BCUT2D eigenvalue weighted by molar-refractivity contribution is 6.39. The van der Waals surface area contributed by atoms with E-state index in [0.717, 1.165) is 0 Å². The van der Waals surface area contributed by atoms with E-state index >= 15 is 0 Å². The third-order valence-electron chi connectivity index (χ3n) is 2.63. The molecule has 7 heteroatoms. The molecule has 1 aromatic heterocycles. The van der Waals surface area contributed by atoms with Crippen molar-refractivity contribution in [1.82, 2.24) is 5.16 Å². The normalized spacial score (nSPS) is 10.6. The van der Waals surface area contributed by atoms with Crippen molar-refractivity contribution in [2.24, 2.45) is 0 Å². The van der Waals surface area contributed by atoms with Crippen molar-refractivity contribution in [3.8, 4) is 11.3 Å². The lowest BCUT2D eigenvalue weighted by Crippen LogP contribution is -2.06. The van der Waals surface area contributed by atoms with E-state index < -0.39 is 5.97 Å². The van der Waals surface area contributed by atoms with Gasteiger partial charge >= 0.3 is 5.97 Å². The number of ether oxygens (including phenoxy) is 2. The van der Waals surface area contributed by atoms with Gasteiger partial charge in [0, 0.05) is 12.7 Å². The molecule has 2 aromatic rings. The van der Waals surface area contributed by atoms with Crippen molar-refractivity contribution < 1.29 is 18.8 Å². The first-order chi connectivity index (χ1) is 9.60. The van der Waals surface area contributed by atoms with Crippen LogP contribution in [-0.2, 0) is 16.1 Å². The van der Waals surface area contributed by atoms with Crippen LogP contribution >= 0.6 is 23.2 Å². The van der Waals surface area contributed by atoms with E-state index in [0.29, 0.717) is 15.6 Å². The van der Waals surface area contributed by atoms with Crippen LogP contribution in [0.25, 0.3) is 11.3 Å². The third kappa shape index (κ3) is 2.65. The molecule has 0 unspecified atom stereocenters. The van der Waals surface area contributed by atoms with E-state index in [2.05, 4.69) is 5.16 Å². The summed E-state index contributed by atoms with van der Waals surface area (Å²) in [4.78, 5) is 11.9. The summed E-state index contributed by atoms with van der Waals surface area (Å²) in [6.45, 7) is 0.0828. The molecule has 0 spiro atoms. The van der Waals surface area contributed by atoms with Gasteiger partial charge in [0.1, 0.15) is 17.9 Å². The van der Waals surface area contributed by atoms with Crippen LogP contribution in [0.5, 0.6) is 0 Å².